The molecule has 0 saturated carbocycles. The fraction of sp³-hybridized carbons (Fsp3) is 0.766. The quantitative estimate of drug-likeness (QED) is 0.0195. The number of esters is 2. The summed E-state index contributed by atoms with van der Waals surface area (Å²) in [6.07, 6.45) is 121. The highest BCUT2D eigenvalue weighted by Crippen LogP contribution is 2.38. The molecule has 0 fully saturated rings. The Hall–Kier alpha value is -3.59. The molecule has 0 aliphatic carbocycles. The zero-order valence-electron chi connectivity index (χ0n) is 69.0. The average molecular weight is 1470 g/mol. The second-order valence-electron chi connectivity index (χ2n) is 30.8. The summed E-state index contributed by atoms with van der Waals surface area (Å²) < 4.78 is 34.5. The molecule has 0 amide bonds. The standard InChI is InChI=1S/C94H168NO8P/c1-6-8-10-12-14-16-18-20-22-24-26-28-30-32-34-36-38-40-42-44-46-47-49-51-53-55-57-59-61-63-65-67-69-71-73-75-77-79-81-83-85-87-94(97)103-92(91-102-104(98,99)101-89-88-95(3,4)5)90-100-93(96)86-84-82-80-78-76-74-72-70-68-66-64-62-60-58-56-54-52-50-48-45-43-41-39-37-35-33-31-29-27-25-23-21-19-17-15-13-11-9-7-2/h8-11,14-17,20-23,26-29,32-35,92H,6-7,12-13,18-19,24-25,30-31,36-91H2,1-5H3/b10-8-,11-9-,16-14-,17-15-,22-20-,23-21-,28-26-,29-27-,34-32-,35-33-. The number of phosphoric ester groups is 1. The van der Waals surface area contributed by atoms with Crippen LogP contribution in [0.2, 0.25) is 0 Å². The van der Waals surface area contributed by atoms with E-state index in [-0.39, 0.29) is 32.0 Å². The molecule has 104 heavy (non-hydrogen) atoms. The number of hydrogen-bond donors (Lipinski definition) is 0. The van der Waals surface area contributed by atoms with E-state index < -0.39 is 26.5 Å². The Balaban J connectivity index is 3.87. The molecule has 0 rings (SSSR count). The van der Waals surface area contributed by atoms with E-state index in [0.717, 1.165) is 96.3 Å². The van der Waals surface area contributed by atoms with Gasteiger partial charge in [-0.2, -0.15) is 0 Å². The molecule has 0 aromatic carbocycles. The molecule has 0 aliphatic heterocycles. The van der Waals surface area contributed by atoms with E-state index >= 15 is 0 Å². The Morgan fingerprint density at radius 3 is 0.769 bits per heavy atom. The molecule has 2 unspecified atom stereocenters. The van der Waals surface area contributed by atoms with Crippen molar-refractivity contribution in [2.45, 2.75) is 418 Å². The molecule has 0 heterocycles. The van der Waals surface area contributed by atoms with Gasteiger partial charge in [0.1, 0.15) is 19.8 Å². The number of rotatable bonds is 82. The molecule has 0 aromatic heterocycles. The molecule has 602 valence electrons. The topological polar surface area (TPSA) is 111 Å². The summed E-state index contributed by atoms with van der Waals surface area (Å²) in [5.74, 6) is -0.812. The van der Waals surface area contributed by atoms with Crippen LogP contribution < -0.4 is 4.89 Å². The second-order valence-corrected chi connectivity index (χ2v) is 32.3. The average Bonchev–Trinajstić information content (AvgIpc) is 0.920. The number of carbonyl (C=O) groups excluding carboxylic acids is 2. The molecule has 10 heteroatoms. The third-order valence-electron chi connectivity index (χ3n) is 19.5. The van der Waals surface area contributed by atoms with Crippen LogP contribution in [0.5, 0.6) is 0 Å². The van der Waals surface area contributed by atoms with Crippen LogP contribution in [0.15, 0.2) is 122 Å². The Morgan fingerprint density at radius 1 is 0.298 bits per heavy atom. The number of ether oxygens (including phenoxy) is 2. The SMILES string of the molecule is CC/C=C\C/C=C\C/C=C\C/C=C\C/C=C\CCCCCCCCCCCCCCCCCCCCCCCCCCCC(=O)OC(COC(=O)CCCCCCCCCCCCCCCCCCCCCCCCC/C=C\C/C=C\C/C=C\C/C=C\C/C=C\CC)COP(=O)([O-])OCC[N+](C)(C)C. The first-order valence-corrected chi connectivity index (χ1v) is 45.7. The van der Waals surface area contributed by atoms with Gasteiger partial charge in [0.2, 0.25) is 0 Å². The van der Waals surface area contributed by atoms with Crippen LogP contribution in [0.25, 0.3) is 0 Å². The Morgan fingerprint density at radius 2 is 0.519 bits per heavy atom. The third kappa shape index (κ3) is 87.3. The van der Waals surface area contributed by atoms with Gasteiger partial charge >= 0.3 is 11.9 Å². The summed E-state index contributed by atoms with van der Waals surface area (Å²) in [6, 6.07) is 0. The van der Waals surface area contributed by atoms with E-state index in [4.69, 9.17) is 18.5 Å². The number of nitrogens with zero attached hydrogens (tertiary/aromatic N) is 1. The lowest BCUT2D eigenvalue weighted by Gasteiger charge is -2.28. The van der Waals surface area contributed by atoms with Crippen LogP contribution in [0.4, 0.5) is 0 Å². The largest absolute Gasteiger partial charge is 0.756 e. The van der Waals surface area contributed by atoms with Gasteiger partial charge in [0.05, 0.1) is 27.7 Å². The van der Waals surface area contributed by atoms with Crippen LogP contribution in [0, 0.1) is 0 Å². The van der Waals surface area contributed by atoms with Crippen molar-refractivity contribution in [2.75, 3.05) is 47.5 Å². The minimum atomic E-state index is -4.65. The van der Waals surface area contributed by atoms with Crippen LogP contribution in [-0.4, -0.2) is 70.0 Å². The third-order valence-corrected chi connectivity index (χ3v) is 20.4. The maximum Gasteiger partial charge on any atom is 0.306 e. The van der Waals surface area contributed by atoms with Gasteiger partial charge in [0, 0.05) is 12.8 Å². The molecule has 0 N–H and O–H groups in total. The number of hydrogen-bond acceptors (Lipinski definition) is 8. The number of carbonyl (C=O) groups is 2. The zero-order valence-corrected chi connectivity index (χ0v) is 69.8. The van der Waals surface area contributed by atoms with E-state index in [1.54, 1.807) is 0 Å². The van der Waals surface area contributed by atoms with E-state index in [1.807, 2.05) is 21.1 Å². The van der Waals surface area contributed by atoms with Crippen molar-refractivity contribution >= 4 is 19.8 Å². The fourth-order valence-corrected chi connectivity index (χ4v) is 13.6. The minimum Gasteiger partial charge on any atom is -0.756 e. The van der Waals surface area contributed by atoms with Crippen molar-refractivity contribution in [2.24, 2.45) is 0 Å². The van der Waals surface area contributed by atoms with Crippen molar-refractivity contribution in [3.05, 3.63) is 122 Å². The van der Waals surface area contributed by atoms with E-state index in [0.29, 0.717) is 17.4 Å². The molecule has 0 spiro atoms. The number of allylic oxidation sites excluding steroid dienone is 20. The highest BCUT2D eigenvalue weighted by atomic mass is 31.2. The Labute approximate surface area is 645 Å². The van der Waals surface area contributed by atoms with Gasteiger partial charge in [-0.15, -0.1) is 0 Å². The molecule has 0 aliphatic rings. The number of quaternary nitrogens is 1. The lowest BCUT2D eigenvalue weighted by molar-refractivity contribution is -0.870. The highest BCUT2D eigenvalue weighted by Gasteiger charge is 2.22. The zero-order chi connectivity index (χ0) is 75.4. The smallest absolute Gasteiger partial charge is 0.306 e. The Bertz CT molecular complexity index is 2180. The normalized spacial score (nSPS) is 13.6. The van der Waals surface area contributed by atoms with Crippen molar-refractivity contribution < 1.29 is 42.1 Å². The maximum absolute atomic E-state index is 12.9. The van der Waals surface area contributed by atoms with Crippen LogP contribution >= 0.6 is 7.82 Å². The lowest BCUT2D eigenvalue weighted by Crippen LogP contribution is -2.37. The molecular formula is C94H168NO8P. The molecule has 0 aromatic rings. The van der Waals surface area contributed by atoms with Gasteiger partial charge in [-0.3, -0.25) is 14.2 Å². The minimum absolute atomic E-state index is 0.0303. The van der Waals surface area contributed by atoms with Crippen LogP contribution in [0.3, 0.4) is 0 Å². The molecule has 0 radical (unpaired) electrons. The summed E-state index contributed by atoms with van der Waals surface area (Å²) in [7, 11) is 1.18. The molecule has 2 atom stereocenters. The first-order chi connectivity index (χ1) is 51.0. The summed E-state index contributed by atoms with van der Waals surface area (Å²) >= 11 is 0. The summed E-state index contributed by atoms with van der Waals surface area (Å²) in [6.45, 7) is 4.07. The van der Waals surface area contributed by atoms with E-state index in [9.17, 15) is 19.0 Å². The van der Waals surface area contributed by atoms with Gasteiger partial charge in [-0.05, 0) is 103 Å². The van der Waals surface area contributed by atoms with Crippen molar-refractivity contribution in [1.82, 2.24) is 0 Å². The number of likely N-dealkylation sites (N-methyl/N-ethyl adjacent to an activating group) is 1. The molecule has 0 bridgehead atoms. The van der Waals surface area contributed by atoms with E-state index in [2.05, 4.69) is 135 Å². The summed E-state index contributed by atoms with van der Waals surface area (Å²) in [5.41, 5.74) is 0. The summed E-state index contributed by atoms with van der Waals surface area (Å²) in [5, 5.41) is 0. The second kappa shape index (κ2) is 83.4. The lowest BCUT2D eigenvalue weighted by atomic mass is 10.0. The summed E-state index contributed by atoms with van der Waals surface area (Å²) in [4.78, 5) is 38.3. The predicted octanol–water partition coefficient (Wildman–Crippen LogP) is 29.4. The predicted molar refractivity (Wildman–Crippen MR) is 452 cm³/mol. The van der Waals surface area contributed by atoms with Gasteiger partial charge < -0.3 is 27.9 Å². The van der Waals surface area contributed by atoms with Crippen molar-refractivity contribution in [1.29, 1.82) is 0 Å². The molecule has 9 nitrogen and oxygen atoms in total. The molecular weight excluding hydrogens is 1300 g/mol. The molecule has 0 saturated heterocycles. The van der Waals surface area contributed by atoms with Crippen molar-refractivity contribution in [3.8, 4) is 0 Å². The van der Waals surface area contributed by atoms with Crippen LogP contribution in [0.1, 0.15) is 412 Å². The number of phosphoric acid groups is 1. The van der Waals surface area contributed by atoms with Gasteiger partial charge in [0.15, 0.2) is 6.10 Å². The monoisotopic (exact) mass is 1470 g/mol. The highest BCUT2D eigenvalue weighted by molar-refractivity contribution is 7.45. The van der Waals surface area contributed by atoms with Crippen LogP contribution in [-0.2, 0) is 32.7 Å². The number of unbranched alkanes of at least 4 members (excludes halogenated alkanes) is 48. The maximum atomic E-state index is 12.9. The van der Waals surface area contributed by atoms with Crippen molar-refractivity contribution in [3.63, 3.8) is 0 Å². The van der Waals surface area contributed by atoms with Gasteiger partial charge in [0.25, 0.3) is 7.82 Å². The first-order valence-electron chi connectivity index (χ1n) is 44.2. The van der Waals surface area contributed by atoms with E-state index in [1.165, 1.54) is 283 Å². The Kier molecular flexibility index (Phi) is 80.6. The first kappa shape index (κ1) is 100. The fourth-order valence-electron chi connectivity index (χ4n) is 12.8. The van der Waals surface area contributed by atoms with Gasteiger partial charge in [-0.25, -0.2) is 0 Å². The van der Waals surface area contributed by atoms with Gasteiger partial charge in [-0.1, -0.05) is 418 Å².